The minimum Gasteiger partial charge on any atom is -0.382 e. The largest absolute Gasteiger partial charge is 0.382 e. The van der Waals surface area contributed by atoms with E-state index >= 15 is 0 Å². The fourth-order valence-electron chi connectivity index (χ4n) is 2.75. The van der Waals surface area contributed by atoms with E-state index in [2.05, 4.69) is 32.9 Å². The predicted octanol–water partition coefficient (Wildman–Crippen LogP) is 2.21. The minimum atomic E-state index is 0.525. The summed E-state index contributed by atoms with van der Waals surface area (Å²) in [5.41, 5.74) is 0. The van der Waals surface area contributed by atoms with Crippen LogP contribution in [0, 0.1) is 0 Å². The van der Waals surface area contributed by atoms with Crippen LogP contribution in [0.3, 0.4) is 0 Å². The van der Waals surface area contributed by atoms with Crippen molar-refractivity contribution in [1.82, 2.24) is 14.5 Å². The molecule has 1 unspecified atom stereocenters. The molecule has 20 heavy (non-hydrogen) atoms. The number of ether oxygens (including phenoxy) is 1. The Kier molecular flexibility index (Phi) is 6.33. The maximum absolute atomic E-state index is 5.39. The van der Waals surface area contributed by atoms with E-state index < -0.39 is 0 Å². The number of aromatic nitrogens is 2. The highest BCUT2D eigenvalue weighted by molar-refractivity contribution is 5.28. The molecule has 0 amide bonds. The van der Waals surface area contributed by atoms with Crippen molar-refractivity contribution in [3.63, 3.8) is 0 Å². The molecule has 2 rings (SSSR count). The van der Waals surface area contributed by atoms with E-state index in [1.807, 2.05) is 13.1 Å². The molecule has 114 valence electrons. The minimum absolute atomic E-state index is 0.525. The molecule has 1 aliphatic heterocycles. The van der Waals surface area contributed by atoms with Gasteiger partial charge in [0.2, 0.25) is 5.95 Å². The molecule has 0 aliphatic carbocycles. The summed E-state index contributed by atoms with van der Waals surface area (Å²) < 4.78 is 7.59. The lowest BCUT2D eigenvalue weighted by Gasteiger charge is -2.32. The zero-order valence-corrected chi connectivity index (χ0v) is 12.8. The lowest BCUT2D eigenvalue weighted by Crippen LogP contribution is -2.42. The summed E-state index contributed by atoms with van der Waals surface area (Å²) in [6.45, 7) is 10.3. The Morgan fingerprint density at radius 2 is 2.35 bits per heavy atom. The number of nitrogens with one attached hydrogen (secondary N) is 1. The van der Waals surface area contributed by atoms with E-state index in [-0.39, 0.29) is 0 Å². The quantitative estimate of drug-likeness (QED) is 0.741. The molecule has 5 nitrogen and oxygen atoms in total. The second-order valence-electron chi connectivity index (χ2n) is 5.37. The summed E-state index contributed by atoms with van der Waals surface area (Å²) in [4.78, 5) is 6.96. The van der Waals surface area contributed by atoms with Crippen molar-refractivity contribution in [2.45, 2.75) is 45.7 Å². The second-order valence-corrected chi connectivity index (χ2v) is 5.37. The normalized spacial score (nSPS) is 20.2. The summed E-state index contributed by atoms with van der Waals surface area (Å²) in [6.07, 6.45) is 7.47. The number of aryl methyl sites for hydroxylation is 1. The summed E-state index contributed by atoms with van der Waals surface area (Å²) in [5, 5.41) is 3.60. The third-order valence-electron chi connectivity index (χ3n) is 3.89. The second kappa shape index (κ2) is 8.27. The topological polar surface area (TPSA) is 42.3 Å². The standard InChI is InChI=1S/C15H28N4O/c1-3-18-9-5-7-14(13-18)17-15-16-8-11-19(15)10-6-12-20-4-2/h8,11,14H,3-7,9-10,12-13H2,1-2H3,(H,16,17). The van der Waals surface area contributed by atoms with E-state index in [1.54, 1.807) is 0 Å². The molecule has 0 bridgehead atoms. The molecule has 1 aromatic heterocycles. The van der Waals surface area contributed by atoms with Gasteiger partial charge in [-0.05, 0) is 39.3 Å². The van der Waals surface area contributed by atoms with Crippen molar-refractivity contribution < 1.29 is 4.74 Å². The van der Waals surface area contributed by atoms with Crippen LogP contribution in [0.25, 0.3) is 0 Å². The van der Waals surface area contributed by atoms with Gasteiger partial charge in [-0.25, -0.2) is 4.98 Å². The number of likely N-dealkylation sites (tertiary alicyclic amines) is 1. The average Bonchev–Trinajstić information content (AvgIpc) is 2.91. The summed E-state index contributed by atoms with van der Waals surface area (Å²) in [6, 6.07) is 0.525. The molecule has 0 spiro atoms. The molecule has 1 N–H and O–H groups in total. The maximum Gasteiger partial charge on any atom is 0.203 e. The van der Waals surface area contributed by atoms with E-state index in [1.165, 1.54) is 19.4 Å². The van der Waals surface area contributed by atoms with Crippen LogP contribution in [-0.2, 0) is 11.3 Å². The first-order valence-electron chi connectivity index (χ1n) is 7.91. The van der Waals surface area contributed by atoms with E-state index in [0.29, 0.717) is 6.04 Å². The fraction of sp³-hybridized carbons (Fsp3) is 0.800. The van der Waals surface area contributed by atoms with E-state index in [4.69, 9.17) is 4.74 Å². The van der Waals surface area contributed by atoms with Crippen LogP contribution in [-0.4, -0.2) is 53.3 Å². The summed E-state index contributed by atoms with van der Waals surface area (Å²) in [5.74, 6) is 1.00. The Bertz CT molecular complexity index is 380. The highest BCUT2D eigenvalue weighted by Gasteiger charge is 2.19. The third-order valence-corrected chi connectivity index (χ3v) is 3.89. The van der Waals surface area contributed by atoms with Gasteiger partial charge in [-0.3, -0.25) is 0 Å². The molecule has 0 radical (unpaired) electrons. The van der Waals surface area contributed by atoms with Crippen molar-refractivity contribution in [3.8, 4) is 0 Å². The van der Waals surface area contributed by atoms with Crippen LogP contribution in [0.15, 0.2) is 12.4 Å². The molecule has 1 atom stereocenters. The van der Waals surface area contributed by atoms with Crippen LogP contribution in [0.5, 0.6) is 0 Å². The van der Waals surface area contributed by atoms with Gasteiger partial charge in [0.15, 0.2) is 0 Å². The van der Waals surface area contributed by atoms with Crippen LogP contribution in [0.1, 0.15) is 33.1 Å². The number of piperidine rings is 1. The van der Waals surface area contributed by atoms with Crippen LogP contribution >= 0.6 is 0 Å². The highest BCUT2D eigenvalue weighted by atomic mass is 16.5. The van der Waals surface area contributed by atoms with Gasteiger partial charge in [0.05, 0.1) is 0 Å². The van der Waals surface area contributed by atoms with Gasteiger partial charge in [-0.15, -0.1) is 0 Å². The van der Waals surface area contributed by atoms with Gasteiger partial charge in [-0.2, -0.15) is 0 Å². The molecular weight excluding hydrogens is 252 g/mol. The molecule has 0 aromatic carbocycles. The lowest BCUT2D eigenvalue weighted by atomic mass is 10.1. The SMILES string of the molecule is CCOCCCn1ccnc1NC1CCCN(CC)C1. The smallest absolute Gasteiger partial charge is 0.203 e. The van der Waals surface area contributed by atoms with E-state index in [0.717, 1.165) is 45.2 Å². The lowest BCUT2D eigenvalue weighted by molar-refractivity contribution is 0.141. The van der Waals surface area contributed by atoms with Crippen molar-refractivity contribution in [2.24, 2.45) is 0 Å². The molecular formula is C15H28N4O. The summed E-state index contributed by atoms with van der Waals surface area (Å²) >= 11 is 0. The number of likely N-dealkylation sites (N-methyl/N-ethyl adjacent to an activating group) is 1. The van der Waals surface area contributed by atoms with Gasteiger partial charge < -0.3 is 19.5 Å². The molecule has 1 saturated heterocycles. The number of hydrogen-bond acceptors (Lipinski definition) is 4. The fourth-order valence-corrected chi connectivity index (χ4v) is 2.75. The van der Waals surface area contributed by atoms with Gasteiger partial charge >= 0.3 is 0 Å². The Morgan fingerprint density at radius 1 is 1.45 bits per heavy atom. The Balaban J connectivity index is 1.81. The van der Waals surface area contributed by atoms with Crippen molar-refractivity contribution >= 4 is 5.95 Å². The number of nitrogens with zero attached hydrogens (tertiary/aromatic N) is 3. The predicted molar refractivity (Wildman–Crippen MR) is 82.1 cm³/mol. The van der Waals surface area contributed by atoms with Crippen LogP contribution in [0.2, 0.25) is 0 Å². The number of anilines is 1. The Morgan fingerprint density at radius 3 is 3.15 bits per heavy atom. The Labute approximate surface area is 122 Å². The van der Waals surface area contributed by atoms with Crippen LogP contribution < -0.4 is 5.32 Å². The highest BCUT2D eigenvalue weighted by Crippen LogP contribution is 2.15. The number of imidazole rings is 1. The first-order valence-corrected chi connectivity index (χ1v) is 7.91. The van der Waals surface area contributed by atoms with E-state index in [9.17, 15) is 0 Å². The summed E-state index contributed by atoms with van der Waals surface area (Å²) in [7, 11) is 0. The first kappa shape index (κ1) is 15.3. The molecule has 1 aromatic rings. The maximum atomic E-state index is 5.39. The Hall–Kier alpha value is -1.07. The zero-order valence-electron chi connectivity index (χ0n) is 12.8. The zero-order chi connectivity index (χ0) is 14.2. The number of hydrogen-bond donors (Lipinski definition) is 1. The molecule has 2 heterocycles. The monoisotopic (exact) mass is 280 g/mol. The first-order chi connectivity index (χ1) is 9.83. The number of rotatable bonds is 8. The van der Waals surface area contributed by atoms with Gasteiger partial charge in [0.25, 0.3) is 0 Å². The van der Waals surface area contributed by atoms with Crippen LogP contribution in [0.4, 0.5) is 5.95 Å². The molecule has 1 fully saturated rings. The van der Waals surface area contributed by atoms with Crippen molar-refractivity contribution in [2.75, 3.05) is 38.2 Å². The van der Waals surface area contributed by atoms with Gasteiger partial charge in [-0.1, -0.05) is 6.92 Å². The molecule has 0 saturated carbocycles. The van der Waals surface area contributed by atoms with Gasteiger partial charge in [0, 0.05) is 44.7 Å². The van der Waals surface area contributed by atoms with Crippen molar-refractivity contribution in [3.05, 3.63) is 12.4 Å². The molecule has 5 heteroatoms. The molecule has 1 aliphatic rings. The average molecular weight is 280 g/mol. The van der Waals surface area contributed by atoms with Crippen molar-refractivity contribution in [1.29, 1.82) is 0 Å². The van der Waals surface area contributed by atoms with Gasteiger partial charge in [0.1, 0.15) is 0 Å². The third kappa shape index (κ3) is 4.49.